The summed E-state index contributed by atoms with van der Waals surface area (Å²) in [6.45, 7) is 7.97. The summed E-state index contributed by atoms with van der Waals surface area (Å²) in [4.78, 5) is 21.9. The van der Waals surface area contributed by atoms with Crippen LogP contribution < -0.4 is 0 Å². The van der Waals surface area contributed by atoms with Crippen LogP contribution in [0.25, 0.3) is 0 Å². The second kappa shape index (κ2) is 8.92. The van der Waals surface area contributed by atoms with Crippen molar-refractivity contribution in [3.63, 3.8) is 0 Å². The van der Waals surface area contributed by atoms with E-state index in [-0.39, 0.29) is 5.41 Å². The Balaban J connectivity index is 1.48. The molecule has 0 N–H and O–H groups in total. The molecule has 2 aliphatic rings. The highest BCUT2D eigenvalue weighted by Crippen LogP contribution is 2.46. The van der Waals surface area contributed by atoms with Crippen LogP contribution in [0.4, 0.5) is 0 Å². The van der Waals surface area contributed by atoms with Gasteiger partial charge in [0.2, 0.25) is 5.91 Å². The first-order valence-corrected chi connectivity index (χ1v) is 12.1. The fourth-order valence-electron chi connectivity index (χ4n) is 5.19. The largest absolute Gasteiger partial charge is 0.341 e. The fourth-order valence-corrected chi connectivity index (χ4v) is 5.62. The third-order valence-corrected chi connectivity index (χ3v) is 7.25. The van der Waals surface area contributed by atoms with Gasteiger partial charge in [-0.15, -0.1) is 0 Å². The molecule has 1 amide bonds. The Morgan fingerprint density at radius 2 is 2.07 bits per heavy atom. The van der Waals surface area contributed by atoms with Crippen molar-refractivity contribution in [3.05, 3.63) is 54.1 Å². The van der Waals surface area contributed by atoms with Gasteiger partial charge in [0.25, 0.3) is 0 Å². The number of imidazole rings is 1. The summed E-state index contributed by atoms with van der Waals surface area (Å²) in [6, 6.07) is 10.8. The Kier molecular flexibility index (Phi) is 6.30. The summed E-state index contributed by atoms with van der Waals surface area (Å²) in [7, 11) is 0. The number of carbonyl (C=O) groups excluding carboxylic acids is 1. The minimum absolute atomic E-state index is 0.202. The molecular weight excluding hydrogens is 380 g/mol. The highest BCUT2D eigenvalue weighted by Gasteiger charge is 2.52. The van der Waals surface area contributed by atoms with Crippen LogP contribution in [0.15, 0.2) is 42.7 Å². The summed E-state index contributed by atoms with van der Waals surface area (Å²) in [5, 5.41) is 0. The van der Waals surface area contributed by atoms with Gasteiger partial charge in [-0.3, -0.25) is 9.69 Å². The summed E-state index contributed by atoms with van der Waals surface area (Å²) >= 11 is 1.63. The van der Waals surface area contributed by atoms with Crippen LogP contribution in [0.5, 0.6) is 0 Å². The molecule has 4 rings (SSSR count). The SMILES string of the molecule is CCn1ccnc1CN1CC2CN(C(=O)CSC)CC2(CCc2ccccc2)C1. The normalized spacial score (nSPS) is 24.2. The smallest absolute Gasteiger partial charge is 0.232 e. The quantitative estimate of drug-likeness (QED) is 0.668. The molecule has 0 radical (unpaired) electrons. The number of nitrogens with zero attached hydrogens (tertiary/aromatic N) is 4. The predicted octanol–water partition coefficient (Wildman–Crippen LogP) is 3.16. The third kappa shape index (κ3) is 4.38. The van der Waals surface area contributed by atoms with Crippen LogP contribution in [0.1, 0.15) is 24.7 Å². The van der Waals surface area contributed by atoms with Gasteiger partial charge in [-0.25, -0.2) is 4.98 Å². The maximum absolute atomic E-state index is 12.6. The summed E-state index contributed by atoms with van der Waals surface area (Å²) in [5.41, 5.74) is 1.60. The van der Waals surface area contributed by atoms with Crippen LogP contribution in [0.3, 0.4) is 0 Å². The van der Waals surface area contributed by atoms with Crippen molar-refractivity contribution in [3.8, 4) is 0 Å². The third-order valence-electron chi connectivity index (χ3n) is 6.71. The van der Waals surface area contributed by atoms with Crippen molar-refractivity contribution in [2.45, 2.75) is 32.9 Å². The van der Waals surface area contributed by atoms with Gasteiger partial charge < -0.3 is 9.47 Å². The van der Waals surface area contributed by atoms with Gasteiger partial charge >= 0.3 is 0 Å². The van der Waals surface area contributed by atoms with Crippen molar-refractivity contribution in [2.75, 3.05) is 38.2 Å². The van der Waals surface area contributed by atoms with Crippen molar-refractivity contribution in [1.82, 2.24) is 19.4 Å². The van der Waals surface area contributed by atoms with Gasteiger partial charge in [-0.2, -0.15) is 11.8 Å². The number of hydrogen-bond donors (Lipinski definition) is 0. The second-order valence-corrected chi connectivity index (χ2v) is 9.42. The maximum Gasteiger partial charge on any atom is 0.232 e. The van der Waals surface area contributed by atoms with E-state index in [0.717, 1.165) is 57.9 Å². The summed E-state index contributed by atoms with van der Waals surface area (Å²) in [5.74, 6) is 2.61. The highest BCUT2D eigenvalue weighted by atomic mass is 32.2. The van der Waals surface area contributed by atoms with E-state index >= 15 is 0 Å². The number of benzene rings is 1. The molecule has 0 spiro atoms. The molecule has 0 aliphatic carbocycles. The number of aromatic nitrogens is 2. The summed E-state index contributed by atoms with van der Waals surface area (Å²) in [6.07, 6.45) is 8.21. The number of carbonyl (C=O) groups is 1. The van der Waals surface area contributed by atoms with Gasteiger partial charge in [-0.1, -0.05) is 30.3 Å². The molecular formula is C23H32N4OS. The molecule has 1 aromatic heterocycles. The standard InChI is InChI=1S/C23H32N4OS/c1-3-26-12-11-24-21(26)15-25-13-20-14-27(22(28)16-29-2)18-23(20,17-25)10-9-19-7-5-4-6-8-19/h4-8,11-12,20H,3,9-10,13-18H2,1-2H3. The van der Waals surface area contributed by atoms with E-state index in [1.807, 2.05) is 12.5 Å². The molecule has 5 nitrogen and oxygen atoms in total. The molecule has 2 unspecified atom stereocenters. The molecule has 156 valence electrons. The number of rotatable bonds is 8. The zero-order valence-corrected chi connectivity index (χ0v) is 18.4. The first-order chi connectivity index (χ1) is 14.1. The molecule has 2 aromatic rings. The molecule has 1 aromatic carbocycles. The van der Waals surface area contributed by atoms with E-state index in [9.17, 15) is 4.79 Å². The van der Waals surface area contributed by atoms with Gasteiger partial charge in [-0.05, 0) is 37.5 Å². The number of aryl methyl sites for hydroxylation is 2. The minimum atomic E-state index is 0.202. The number of amides is 1. The lowest BCUT2D eigenvalue weighted by Crippen LogP contribution is -2.38. The Morgan fingerprint density at radius 3 is 2.83 bits per heavy atom. The van der Waals surface area contributed by atoms with E-state index in [1.54, 1.807) is 11.8 Å². The predicted molar refractivity (Wildman–Crippen MR) is 119 cm³/mol. The number of fused-ring (bicyclic) bond motifs is 1. The van der Waals surface area contributed by atoms with E-state index in [0.29, 0.717) is 17.6 Å². The number of likely N-dealkylation sites (tertiary alicyclic amines) is 2. The van der Waals surface area contributed by atoms with Crippen LogP contribution in [-0.2, 0) is 24.3 Å². The zero-order chi connectivity index (χ0) is 20.3. The van der Waals surface area contributed by atoms with Gasteiger partial charge in [0.15, 0.2) is 0 Å². The summed E-state index contributed by atoms with van der Waals surface area (Å²) < 4.78 is 2.24. The second-order valence-electron chi connectivity index (χ2n) is 8.55. The Labute approximate surface area is 178 Å². The number of hydrogen-bond acceptors (Lipinski definition) is 4. The van der Waals surface area contributed by atoms with Crippen molar-refractivity contribution in [2.24, 2.45) is 11.3 Å². The van der Waals surface area contributed by atoms with Crippen LogP contribution in [0, 0.1) is 11.3 Å². The Hall–Kier alpha value is -1.79. The average molecular weight is 413 g/mol. The zero-order valence-electron chi connectivity index (χ0n) is 17.6. The molecule has 0 bridgehead atoms. The van der Waals surface area contributed by atoms with Crippen LogP contribution in [0.2, 0.25) is 0 Å². The van der Waals surface area contributed by atoms with Crippen LogP contribution in [-0.4, -0.2) is 63.4 Å². The number of thioether (sulfide) groups is 1. The average Bonchev–Trinajstić information content (AvgIpc) is 3.40. The maximum atomic E-state index is 12.6. The molecule has 2 saturated heterocycles. The minimum Gasteiger partial charge on any atom is -0.341 e. The van der Waals surface area contributed by atoms with E-state index < -0.39 is 0 Å². The van der Waals surface area contributed by atoms with Gasteiger partial charge in [0.1, 0.15) is 5.82 Å². The Morgan fingerprint density at radius 1 is 1.24 bits per heavy atom. The molecule has 2 aliphatic heterocycles. The van der Waals surface area contributed by atoms with Crippen molar-refractivity contribution < 1.29 is 4.79 Å². The van der Waals surface area contributed by atoms with Crippen molar-refractivity contribution >= 4 is 17.7 Å². The first kappa shape index (κ1) is 20.5. The highest BCUT2D eigenvalue weighted by molar-refractivity contribution is 7.99. The fraction of sp³-hybridized carbons (Fsp3) is 0.565. The molecule has 3 heterocycles. The monoisotopic (exact) mass is 412 g/mol. The topological polar surface area (TPSA) is 41.4 Å². The molecule has 29 heavy (non-hydrogen) atoms. The van der Waals surface area contributed by atoms with Gasteiger partial charge in [0, 0.05) is 50.5 Å². The van der Waals surface area contributed by atoms with Crippen LogP contribution >= 0.6 is 11.8 Å². The van der Waals surface area contributed by atoms with E-state index in [2.05, 4.69) is 62.8 Å². The molecule has 6 heteroatoms. The lowest BCUT2D eigenvalue weighted by molar-refractivity contribution is -0.128. The molecule has 2 fully saturated rings. The van der Waals surface area contributed by atoms with E-state index in [4.69, 9.17) is 0 Å². The lowest BCUT2D eigenvalue weighted by atomic mass is 9.76. The van der Waals surface area contributed by atoms with Gasteiger partial charge in [0.05, 0.1) is 12.3 Å². The molecule has 2 atom stereocenters. The van der Waals surface area contributed by atoms with Crippen molar-refractivity contribution in [1.29, 1.82) is 0 Å². The lowest BCUT2D eigenvalue weighted by Gasteiger charge is -2.29. The Bertz CT molecular complexity index is 823. The van der Waals surface area contributed by atoms with E-state index in [1.165, 1.54) is 5.56 Å². The molecule has 0 saturated carbocycles. The first-order valence-electron chi connectivity index (χ1n) is 10.7.